The van der Waals surface area contributed by atoms with Crippen molar-refractivity contribution in [2.45, 2.75) is 31.9 Å². The van der Waals surface area contributed by atoms with Crippen LogP contribution in [0.15, 0.2) is 48.5 Å². The van der Waals surface area contributed by atoms with E-state index in [-0.39, 0.29) is 16.9 Å². The summed E-state index contributed by atoms with van der Waals surface area (Å²) in [5.41, 5.74) is 2.00. The molecule has 2 aromatic rings. The quantitative estimate of drug-likeness (QED) is 0.715. The Balaban J connectivity index is 2.15. The molecular weight excluding hydrogens is 253 g/mol. The van der Waals surface area contributed by atoms with Gasteiger partial charge in [0.15, 0.2) is 0 Å². The normalized spacial score (nSPS) is 13.8. The first-order valence-corrected chi connectivity index (χ1v) is 7.04. The number of hydrogen-bond donors (Lipinski definition) is 0. The molecule has 0 saturated carbocycles. The van der Waals surface area contributed by atoms with Gasteiger partial charge < -0.3 is 0 Å². The minimum absolute atomic E-state index is 0.0889. The molecule has 0 aliphatic heterocycles. The molecule has 0 saturated heterocycles. The van der Waals surface area contributed by atoms with Crippen molar-refractivity contribution in [1.82, 2.24) is 0 Å². The van der Waals surface area contributed by atoms with Crippen LogP contribution in [0.2, 0.25) is 0 Å². The highest BCUT2D eigenvalue weighted by atomic mass is 19.1. The number of hydrogen-bond acceptors (Lipinski definition) is 0. The molecule has 0 aliphatic carbocycles. The van der Waals surface area contributed by atoms with Gasteiger partial charge in [-0.25, -0.2) is 8.78 Å². The first kappa shape index (κ1) is 14.8. The second-order valence-corrected chi connectivity index (χ2v) is 5.55. The van der Waals surface area contributed by atoms with Gasteiger partial charge in [0.2, 0.25) is 0 Å². The van der Waals surface area contributed by atoms with Gasteiger partial charge in [0, 0.05) is 0 Å². The van der Waals surface area contributed by atoms with Crippen LogP contribution < -0.4 is 0 Å². The third kappa shape index (κ3) is 3.47. The van der Waals surface area contributed by atoms with Gasteiger partial charge in [0.05, 0.1) is 0 Å². The maximum Gasteiger partial charge on any atom is 0.138 e. The summed E-state index contributed by atoms with van der Waals surface area (Å²) in [7, 11) is 0.871. The van der Waals surface area contributed by atoms with Crippen molar-refractivity contribution in [2.24, 2.45) is 0 Å². The van der Waals surface area contributed by atoms with E-state index in [1.807, 2.05) is 12.1 Å². The minimum Gasteiger partial charge on any atom is -0.207 e. The fourth-order valence-corrected chi connectivity index (χ4v) is 2.50. The summed E-state index contributed by atoms with van der Waals surface area (Å²) in [6.07, 6.45) is 1.71. The Hall–Kier alpha value is -1.64. The maximum atomic E-state index is 13.4. The Bertz CT molecular complexity index is 583. The summed E-state index contributed by atoms with van der Waals surface area (Å²) < 4.78 is 26.6. The van der Waals surface area contributed by atoms with Crippen molar-refractivity contribution in [1.29, 1.82) is 0 Å². The van der Waals surface area contributed by atoms with Crippen LogP contribution in [0, 0.1) is 11.6 Å². The molecule has 0 N–H and O–H groups in total. The van der Waals surface area contributed by atoms with E-state index in [0.29, 0.717) is 0 Å². The van der Waals surface area contributed by atoms with E-state index in [2.05, 4.69) is 13.8 Å². The lowest BCUT2D eigenvalue weighted by atomic mass is 9.47. The molecule has 1 atom stereocenters. The second kappa shape index (κ2) is 6.21. The minimum atomic E-state index is -0.202. The van der Waals surface area contributed by atoms with Crippen molar-refractivity contribution in [3.05, 3.63) is 71.3 Å². The highest BCUT2D eigenvalue weighted by Gasteiger charge is 2.25. The van der Waals surface area contributed by atoms with Crippen molar-refractivity contribution in [3.63, 3.8) is 0 Å². The fourth-order valence-electron chi connectivity index (χ4n) is 2.50. The smallest absolute Gasteiger partial charge is 0.138 e. The van der Waals surface area contributed by atoms with Gasteiger partial charge in [-0.15, -0.1) is 0 Å². The molecule has 0 spiro atoms. The van der Waals surface area contributed by atoms with Gasteiger partial charge in [0.25, 0.3) is 0 Å². The van der Waals surface area contributed by atoms with Gasteiger partial charge >= 0.3 is 0 Å². The molecule has 104 valence electrons. The lowest BCUT2D eigenvalue weighted by Gasteiger charge is -2.28. The molecule has 0 aromatic heterocycles. The molecule has 20 heavy (non-hydrogen) atoms. The summed E-state index contributed by atoms with van der Waals surface area (Å²) in [5.74, 6) is -0.403. The van der Waals surface area contributed by atoms with Crippen LogP contribution in [0.25, 0.3) is 0 Å². The van der Waals surface area contributed by atoms with Gasteiger partial charge in [-0.1, -0.05) is 56.4 Å². The largest absolute Gasteiger partial charge is 0.207 e. The van der Waals surface area contributed by atoms with E-state index in [9.17, 15) is 8.78 Å². The average molecular weight is 272 g/mol. The van der Waals surface area contributed by atoms with Crippen LogP contribution in [0.1, 0.15) is 31.4 Å². The summed E-state index contributed by atoms with van der Waals surface area (Å²) in [4.78, 5) is 0. The molecule has 0 amide bonds. The van der Waals surface area contributed by atoms with Gasteiger partial charge in [0.1, 0.15) is 18.9 Å². The highest BCUT2D eigenvalue weighted by molar-refractivity contribution is 6.39. The Morgan fingerprint density at radius 2 is 1.65 bits per heavy atom. The van der Waals surface area contributed by atoms with Crippen molar-refractivity contribution in [3.8, 4) is 0 Å². The molecule has 0 nitrogen and oxygen atoms in total. The molecule has 0 fully saturated rings. The second-order valence-electron chi connectivity index (χ2n) is 5.55. The molecular formula is C17H19BF2. The Morgan fingerprint density at radius 1 is 1.00 bits per heavy atom. The average Bonchev–Trinajstić information content (AvgIpc) is 2.45. The molecule has 0 bridgehead atoms. The number of rotatable bonds is 5. The molecule has 0 heterocycles. The van der Waals surface area contributed by atoms with E-state index in [1.165, 1.54) is 12.1 Å². The number of halogens is 2. The van der Waals surface area contributed by atoms with Crippen molar-refractivity contribution < 1.29 is 8.78 Å². The monoisotopic (exact) mass is 272 g/mol. The highest BCUT2D eigenvalue weighted by Crippen LogP contribution is 2.27. The predicted octanol–water partition coefficient (Wildman–Crippen LogP) is 4.23. The van der Waals surface area contributed by atoms with Gasteiger partial charge in [-0.2, -0.15) is 0 Å². The molecule has 0 aliphatic rings. The summed E-state index contributed by atoms with van der Waals surface area (Å²) in [6.45, 7) is 4.25. The summed E-state index contributed by atoms with van der Waals surface area (Å²) >= 11 is 0. The first-order valence-electron chi connectivity index (χ1n) is 7.04. The van der Waals surface area contributed by atoms with Crippen molar-refractivity contribution in [2.75, 3.05) is 0 Å². The molecule has 1 unspecified atom stereocenters. The lowest BCUT2D eigenvalue weighted by Crippen LogP contribution is -2.30. The zero-order chi connectivity index (χ0) is 14.6. The fraction of sp³-hybridized carbons (Fsp3) is 0.294. The first-order chi connectivity index (χ1) is 9.53. The van der Waals surface area contributed by atoms with Crippen LogP contribution >= 0.6 is 0 Å². The molecule has 2 aromatic carbocycles. The Labute approximate surface area is 120 Å². The van der Waals surface area contributed by atoms with E-state index in [0.717, 1.165) is 31.1 Å². The molecule has 0 radical (unpaired) electrons. The number of benzene rings is 2. The van der Waals surface area contributed by atoms with Crippen LogP contribution in [0.4, 0.5) is 8.78 Å². The molecule has 3 heteroatoms. The Morgan fingerprint density at radius 3 is 2.25 bits per heavy atom. The van der Waals surface area contributed by atoms with Gasteiger partial charge in [-0.05, 0) is 35.1 Å². The SMILES string of the molecule is CCC(C)(BCc1cccc(F)c1)c1cccc(F)c1. The standard InChI is InChI=1S/C17H19BF2/c1-3-17(2,14-7-5-9-16(20)11-14)18-12-13-6-4-8-15(19)10-13/h4-11,18H,3,12H2,1-2H3. The zero-order valence-corrected chi connectivity index (χ0v) is 12.0. The van der Waals surface area contributed by atoms with Crippen LogP contribution in [0.3, 0.4) is 0 Å². The lowest BCUT2D eigenvalue weighted by molar-refractivity contribution is 0.600. The van der Waals surface area contributed by atoms with Crippen LogP contribution in [-0.2, 0) is 11.6 Å². The third-order valence-corrected chi connectivity index (χ3v) is 4.16. The zero-order valence-electron chi connectivity index (χ0n) is 12.0. The van der Waals surface area contributed by atoms with Crippen LogP contribution in [0.5, 0.6) is 0 Å². The summed E-state index contributed by atoms with van der Waals surface area (Å²) in [5, 5.41) is -0.0889. The van der Waals surface area contributed by atoms with Crippen molar-refractivity contribution >= 4 is 7.28 Å². The van der Waals surface area contributed by atoms with E-state index >= 15 is 0 Å². The van der Waals surface area contributed by atoms with E-state index in [1.54, 1.807) is 24.3 Å². The third-order valence-electron chi connectivity index (χ3n) is 4.16. The summed E-state index contributed by atoms with van der Waals surface area (Å²) in [6, 6.07) is 13.5. The predicted molar refractivity (Wildman–Crippen MR) is 81.3 cm³/mol. The van der Waals surface area contributed by atoms with Gasteiger partial charge in [-0.3, -0.25) is 0 Å². The Kier molecular flexibility index (Phi) is 4.59. The van der Waals surface area contributed by atoms with E-state index in [4.69, 9.17) is 0 Å². The molecule has 2 rings (SSSR count). The topological polar surface area (TPSA) is 0 Å². The van der Waals surface area contributed by atoms with Crippen LogP contribution in [-0.4, -0.2) is 7.28 Å². The maximum absolute atomic E-state index is 13.4. The van der Waals surface area contributed by atoms with E-state index < -0.39 is 0 Å².